The molecule has 0 aliphatic heterocycles. The molecule has 0 amide bonds. The van der Waals surface area contributed by atoms with Gasteiger partial charge in [0, 0.05) is 6.61 Å². The van der Waals surface area contributed by atoms with Gasteiger partial charge in [-0.2, -0.15) is 0 Å². The van der Waals surface area contributed by atoms with Crippen LogP contribution in [0.15, 0.2) is 0 Å². The van der Waals surface area contributed by atoms with Crippen molar-refractivity contribution < 1.29 is 61.9 Å². The highest BCUT2D eigenvalue weighted by Gasteiger charge is 1.96. The van der Waals surface area contributed by atoms with E-state index < -0.39 is 0 Å². The van der Waals surface area contributed by atoms with Gasteiger partial charge in [0.2, 0.25) is 0 Å². The molecule has 1 N–H and O–H groups in total. The zero-order chi connectivity index (χ0) is 28.2. The van der Waals surface area contributed by atoms with Crippen LogP contribution < -0.4 is 0 Å². The Morgan fingerprint density at radius 3 is 0.564 bits per heavy atom. The van der Waals surface area contributed by atoms with E-state index in [0.29, 0.717) is 159 Å². The fourth-order valence-electron chi connectivity index (χ4n) is 2.63. The summed E-state index contributed by atoms with van der Waals surface area (Å²) in [5.41, 5.74) is 0. The van der Waals surface area contributed by atoms with Crippen molar-refractivity contribution in [3.63, 3.8) is 0 Å². The van der Waals surface area contributed by atoms with E-state index in [9.17, 15) is 0 Å². The topological polar surface area (TPSA) is 131 Å². The molecule has 0 aromatic heterocycles. The van der Waals surface area contributed by atoms with E-state index in [1.165, 1.54) is 0 Å². The molecule has 39 heavy (non-hydrogen) atoms. The summed E-state index contributed by atoms with van der Waals surface area (Å²) in [6, 6.07) is 0. The van der Waals surface area contributed by atoms with Gasteiger partial charge in [-0.15, -0.1) is 0 Å². The number of hydrogen-bond donors (Lipinski definition) is 1. The van der Waals surface area contributed by atoms with Crippen LogP contribution in [0.2, 0.25) is 0 Å². The molecular weight excluding hydrogens is 520 g/mol. The van der Waals surface area contributed by atoms with E-state index in [1.54, 1.807) is 0 Å². The summed E-state index contributed by atoms with van der Waals surface area (Å²) in [4.78, 5) is 0. The summed E-state index contributed by atoms with van der Waals surface area (Å²) < 4.78 is 64.4. The number of ether oxygens (including phenoxy) is 12. The lowest BCUT2D eigenvalue weighted by Gasteiger charge is -2.09. The fraction of sp³-hybridized carbons (Fsp3) is 1.00. The average molecular weight is 575 g/mol. The van der Waals surface area contributed by atoms with Gasteiger partial charge in [-0.25, -0.2) is 0 Å². The summed E-state index contributed by atoms with van der Waals surface area (Å²) in [6.07, 6.45) is 0. The first-order valence-electron chi connectivity index (χ1n) is 14.0. The van der Waals surface area contributed by atoms with E-state index in [0.717, 1.165) is 0 Å². The molecule has 0 bridgehead atoms. The van der Waals surface area contributed by atoms with Gasteiger partial charge in [-0.3, -0.25) is 0 Å². The third-order valence-electron chi connectivity index (χ3n) is 4.53. The summed E-state index contributed by atoms with van der Waals surface area (Å²) in [6.45, 7) is 14.6. The van der Waals surface area contributed by atoms with Crippen molar-refractivity contribution in [3.05, 3.63) is 0 Å². The zero-order valence-corrected chi connectivity index (χ0v) is 24.0. The third-order valence-corrected chi connectivity index (χ3v) is 4.53. The van der Waals surface area contributed by atoms with Crippen molar-refractivity contribution in [2.24, 2.45) is 0 Å². The smallest absolute Gasteiger partial charge is 0.0701 e. The van der Waals surface area contributed by atoms with Crippen LogP contribution in [0.1, 0.15) is 6.92 Å². The van der Waals surface area contributed by atoms with E-state index in [-0.39, 0.29) is 6.61 Å². The number of aliphatic hydroxyl groups excluding tert-OH is 1. The van der Waals surface area contributed by atoms with Gasteiger partial charge in [0.15, 0.2) is 0 Å². The maximum atomic E-state index is 8.56. The molecule has 0 rings (SSSR count). The van der Waals surface area contributed by atoms with Crippen molar-refractivity contribution in [1.29, 1.82) is 0 Å². The van der Waals surface area contributed by atoms with Crippen LogP contribution in [-0.4, -0.2) is 170 Å². The molecule has 0 heterocycles. The summed E-state index contributed by atoms with van der Waals surface area (Å²) >= 11 is 0. The molecule has 13 heteroatoms. The summed E-state index contributed by atoms with van der Waals surface area (Å²) in [5.74, 6) is 0. The van der Waals surface area contributed by atoms with E-state index in [1.807, 2.05) is 6.92 Å². The van der Waals surface area contributed by atoms with Crippen molar-refractivity contribution >= 4 is 0 Å². The highest BCUT2D eigenvalue weighted by atomic mass is 16.6. The number of rotatable bonds is 36. The molecule has 0 aromatic rings. The second-order valence-corrected chi connectivity index (χ2v) is 7.66. The van der Waals surface area contributed by atoms with Crippen molar-refractivity contribution in [2.75, 3.05) is 165 Å². The molecular formula is C26H54O13. The van der Waals surface area contributed by atoms with Gasteiger partial charge < -0.3 is 61.9 Å². The van der Waals surface area contributed by atoms with Crippen LogP contribution >= 0.6 is 0 Å². The van der Waals surface area contributed by atoms with Gasteiger partial charge in [0.25, 0.3) is 0 Å². The lowest BCUT2D eigenvalue weighted by atomic mass is 10.6. The van der Waals surface area contributed by atoms with Crippen LogP contribution in [-0.2, 0) is 56.8 Å². The summed E-state index contributed by atoms with van der Waals surface area (Å²) in [7, 11) is 0. The molecule has 0 unspecified atom stereocenters. The van der Waals surface area contributed by atoms with Crippen molar-refractivity contribution in [1.82, 2.24) is 0 Å². The van der Waals surface area contributed by atoms with Crippen molar-refractivity contribution in [3.8, 4) is 0 Å². The van der Waals surface area contributed by atoms with Crippen LogP contribution in [0, 0.1) is 0 Å². The normalized spacial score (nSPS) is 11.5. The molecule has 0 spiro atoms. The maximum Gasteiger partial charge on any atom is 0.0701 e. The quantitative estimate of drug-likeness (QED) is 0.102. The molecule has 0 saturated carbocycles. The minimum Gasteiger partial charge on any atom is -0.394 e. The number of hydrogen-bond acceptors (Lipinski definition) is 13. The molecule has 0 atom stereocenters. The minimum absolute atomic E-state index is 0.0269. The second-order valence-electron chi connectivity index (χ2n) is 7.66. The Kier molecular flexibility index (Phi) is 37.0. The predicted octanol–water partition coefficient (Wildman–Crippen LogP) is 0.198. The third kappa shape index (κ3) is 37.5. The number of aliphatic hydroxyl groups is 1. The van der Waals surface area contributed by atoms with Gasteiger partial charge in [0.1, 0.15) is 0 Å². The lowest BCUT2D eigenvalue weighted by Crippen LogP contribution is -2.15. The summed E-state index contributed by atoms with van der Waals surface area (Å²) in [5, 5.41) is 8.56. The molecule has 236 valence electrons. The molecule has 13 nitrogen and oxygen atoms in total. The maximum absolute atomic E-state index is 8.56. The zero-order valence-electron chi connectivity index (χ0n) is 24.0. The van der Waals surface area contributed by atoms with Gasteiger partial charge in [-0.1, -0.05) is 0 Å². The Morgan fingerprint density at radius 1 is 0.256 bits per heavy atom. The monoisotopic (exact) mass is 574 g/mol. The Morgan fingerprint density at radius 2 is 0.410 bits per heavy atom. The van der Waals surface area contributed by atoms with Crippen LogP contribution in [0.4, 0.5) is 0 Å². The Bertz CT molecular complexity index is 385. The largest absolute Gasteiger partial charge is 0.394 e. The molecule has 0 aliphatic rings. The lowest BCUT2D eigenvalue weighted by molar-refractivity contribution is -0.0285. The van der Waals surface area contributed by atoms with Crippen LogP contribution in [0.5, 0.6) is 0 Å². The van der Waals surface area contributed by atoms with E-state index >= 15 is 0 Å². The SMILES string of the molecule is CCOCCOCCOCCOCCOCCOCCOCCOCCOCCOCCOCCOCCO. The highest BCUT2D eigenvalue weighted by Crippen LogP contribution is 1.87. The predicted molar refractivity (Wildman–Crippen MR) is 143 cm³/mol. The van der Waals surface area contributed by atoms with Crippen LogP contribution in [0.3, 0.4) is 0 Å². The first-order valence-corrected chi connectivity index (χ1v) is 14.0. The fourth-order valence-corrected chi connectivity index (χ4v) is 2.63. The van der Waals surface area contributed by atoms with Crippen molar-refractivity contribution in [2.45, 2.75) is 6.92 Å². The molecule has 0 aliphatic carbocycles. The van der Waals surface area contributed by atoms with E-state index in [4.69, 9.17) is 61.9 Å². The highest BCUT2D eigenvalue weighted by molar-refractivity contribution is 4.39. The first-order chi connectivity index (χ1) is 19.4. The average Bonchev–Trinajstić information content (AvgIpc) is 2.95. The van der Waals surface area contributed by atoms with Gasteiger partial charge in [-0.05, 0) is 6.92 Å². The molecule has 0 saturated heterocycles. The molecule has 0 aromatic carbocycles. The first kappa shape index (κ1) is 38.5. The Balaban J connectivity index is 3.01. The second kappa shape index (κ2) is 37.5. The minimum atomic E-state index is 0.0269. The molecule has 0 radical (unpaired) electrons. The van der Waals surface area contributed by atoms with E-state index in [2.05, 4.69) is 0 Å². The Labute approximate surface area is 234 Å². The van der Waals surface area contributed by atoms with Crippen LogP contribution in [0.25, 0.3) is 0 Å². The van der Waals surface area contributed by atoms with Gasteiger partial charge in [0.05, 0.1) is 159 Å². The molecule has 0 fully saturated rings. The standard InChI is InChI=1S/C26H54O13/c1-2-28-5-6-30-9-10-32-13-14-34-17-18-36-21-22-38-25-26-39-24-23-37-20-19-35-16-15-33-12-11-31-8-7-29-4-3-27/h27H,2-26H2,1H3. The Hall–Kier alpha value is -0.520. The van der Waals surface area contributed by atoms with Gasteiger partial charge >= 0.3 is 0 Å².